The van der Waals surface area contributed by atoms with Crippen LogP contribution >= 0.6 is 0 Å². The Morgan fingerprint density at radius 3 is 2.26 bits per heavy atom. The zero-order valence-corrected chi connectivity index (χ0v) is 19.7. The molecule has 168 valence electrons. The van der Waals surface area contributed by atoms with Gasteiger partial charge in [-0.2, -0.15) is 0 Å². The molecule has 0 aromatic heterocycles. The fraction of sp³-hybridized carbons (Fsp3) is 0.480. The highest BCUT2D eigenvalue weighted by molar-refractivity contribution is 5.77. The number of rotatable bonds is 7. The van der Waals surface area contributed by atoms with Gasteiger partial charge in [-0.05, 0) is 55.7 Å². The molecular formula is C25H36N3O3+. The molecule has 1 aliphatic heterocycles. The van der Waals surface area contributed by atoms with Crippen LogP contribution in [0.1, 0.15) is 22.3 Å². The van der Waals surface area contributed by atoms with Crippen LogP contribution in [0.25, 0.3) is 0 Å². The van der Waals surface area contributed by atoms with E-state index < -0.39 is 0 Å². The van der Waals surface area contributed by atoms with Crippen LogP contribution in [-0.4, -0.2) is 64.8 Å². The Morgan fingerprint density at radius 2 is 1.61 bits per heavy atom. The number of ether oxygens (including phenoxy) is 2. The number of anilines is 1. The first-order valence-electron chi connectivity index (χ1n) is 11.0. The maximum absolute atomic E-state index is 12.9. The molecule has 1 fully saturated rings. The Balaban J connectivity index is 1.56. The first-order chi connectivity index (χ1) is 14.8. The van der Waals surface area contributed by atoms with E-state index in [4.69, 9.17) is 9.47 Å². The lowest BCUT2D eigenvalue weighted by Gasteiger charge is -2.37. The van der Waals surface area contributed by atoms with Crippen molar-refractivity contribution in [3.8, 4) is 11.5 Å². The maximum Gasteiger partial charge on any atom is 0.277 e. The summed E-state index contributed by atoms with van der Waals surface area (Å²) in [4.78, 5) is 18.5. The van der Waals surface area contributed by atoms with Crippen molar-refractivity contribution in [2.24, 2.45) is 0 Å². The number of aryl methyl sites for hydroxylation is 2. The van der Waals surface area contributed by atoms with Crippen LogP contribution in [0.3, 0.4) is 0 Å². The molecule has 1 saturated heterocycles. The van der Waals surface area contributed by atoms with Gasteiger partial charge in [-0.25, -0.2) is 0 Å². The fourth-order valence-electron chi connectivity index (χ4n) is 4.25. The highest BCUT2D eigenvalue weighted by atomic mass is 16.5. The van der Waals surface area contributed by atoms with E-state index in [1.807, 2.05) is 17.0 Å². The third-order valence-corrected chi connectivity index (χ3v) is 6.34. The molecule has 6 heteroatoms. The zero-order chi connectivity index (χ0) is 22.5. The van der Waals surface area contributed by atoms with Gasteiger partial charge in [0.2, 0.25) is 0 Å². The molecule has 3 rings (SSSR count). The second-order valence-corrected chi connectivity index (χ2v) is 8.53. The van der Waals surface area contributed by atoms with Gasteiger partial charge in [0.05, 0.1) is 21.3 Å². The summed E-state index contributed by atoms with van der Waals surface area (Å²) in [6, 6.07) is 10.5. The highest BCUT2D eigenvalue weighted by Gasteiger charge is 2.24. The molecule has 1 atom stereocenters. The first kappa shape index (κ1) is 22.9. The van der Waals surface area contributed by atoms with Crippen LogP contribution in [0.4, 0.5) is 5.69 Å². The van der Waals surface area contributed by atoms with Crippen LogP contribution in [0.2, 0.25) is 0 Å². The molecule has 2 aromatic carbocycles. The predicted molar refractivity (Wildman–Crippen MR) is 124 cm³/mol. The van der Waals surface area contributed by atoms with Gasteiger partial charge in [0.1, 0.15) is 6.54 Å². The van der Waals surface area contributed by atoms with Crippen LogP contribution < -0.4 is 19.3 Å². The second kappa shape index (κ2) is 10.1. The van der Waals surface area contributed by atoms with Crippen LogP contribution in [0.5, 0.6) is 11.5 Å². The summed E-state index contributed by atoms with van der Waals surface area (Å²) in [5.41, 5.74) is 6.25. The number of quaternary nitrogens is 1. The molecule has 6 nitrogen and oxygen atoms in total. The lowest BCUT2D eigenvalue weighted by Crippen LogP contribution is -3.09. The summed E-state index contributed by atoms with van der Waals surface area (Å²) in [5, 5.41) is 0. The van der Waals surface area contributed by atoms with E-state index >= 15 is 0 Å². The van der Waals surface area contributed by atoms with Crippen molar-refractivity contribution in [1.29, 1.82) is 0 Å². The number of benzene rings is 2. The summed E-state index contributed by atoms with van der Waals surface area (Å²) in [5.74, 6) is 1.68. The third-order valence-electron chi connectivity index (χ3n) is 6.34. The molecule has 0 spiro atoms. The number of hydrogen-bond acceptors (Lipinski definition) is 4. The Morgan fingerprint density at radius 1 is 0.968 bits per heavy atom. The van der Waals surface area contributed by atoms with Crippen molar-refractivity contribution in [2.75, 3.05) is 58.9 Å². The van der Waals surface area contributed by atoms with Crippen molar-refractivity contribution < 1.29 is 19.2 Å². The van der Waals surface area contributed by atoms with Crippen molar-refractivity contribution >= 4 is 11.6 Å². The van der Waals surface area contributed by atoms with Crippen LogP contribution in [-0.2, 0) is 11.3 Å². The number of hydrogen-bond donors (Lipinski definition) is 1. The first-order valence-corrected chi connectivity index (χ1v) is 11.0. The normalized spacial score (nSPS) is 15.0. The minimum absolute atomic E-state index is 0.219. The van der Waals surface area contributed by atoms with Gasteiger partial charge < -0.3 is 24.2 Å². The quantitative estimate of drug-likeness (QED) is 0.736. The van der Waals surface area contributed by atoms with Crippen molar-refractivity contribution in [3.05, 3.63) is 52.6 Å². The number of carbonyl (C=O) groups is 1. The number of nitrogens with one attached hydrogen (secondary N) is 1. The number of methoxy groups -OCH3 is 2. The molecule has 0 saturated carbocycles. The smallest absolute Gasteiger partial charge is 0.277 e. The lowest BCUT2D eigenvalue weighted by atomic mass is 10.1. The number of nitrogens with zero attached hydrogens (tertiary/aromatic N) is 2. The van der Waals surface area contributed by atoms with E-state index in [1.54, 1.807) is 14.2 Å². The molecule has 0 aliphatic carbocycles. The molecular weight excluding hydrogens is 390 g/mol. The summed E-state index contributed by atoms with van der Waals surface area (Å²) >= 11 is 0. The average molecular weight is 427 g/mol. The van der Waals surface area contributed by atoms with Crippen LogP contribution in [0, 0.1) is 20.8 Å². The standard InChI is InChI=1S/C25H35N3O3/c1-18-8-7-9-22(20(18)3)27-10-12-28(13-11-27)25(29)17-26(4)16-21-15-24(31-6)23(30-5)14-19(21)2/h7-9,14-15H,10-13,16-17H2,1-6H3/p+1. The van der Waals surface area contributed by atoms with Crippen molar-refractivity contribution in [3.63, 3.8) is 0 Å². The number of amides is 1. The summed E-state index contributed by atoms with van der Waals surface area (Å²) < 4.78 is 10.8. The van der Waals surface area contributed by atoms with Gasteiger partial charge in [-0.15, -0.1) is 0 Å². The number of piperazine rings is 1. The van der Waals surface area contributed by atoms with Gasteiger partial charge in [0.25, 0.3) is 5.91 Å². The maximum atomic E-state index is 12.9. The van der Waals surface area contributed by atoms with Gasteiger partial charge >= 0.3 is 0 Å². The second-order valence-electron chi connectivity index (χ2n) is 8.53. The van der Waals surface area contributed by atoms with Gasteiger partial charge in [-0.1, -0.05) is 12.1 Å². The van der Waals surface area contributed by atoms with E-state index in [9.17, 15) is 4.79 Å². The Kier molecular flexibility index (Phi) is 7.44. The average Bonchev–Trinajstić information content (AvgIpc) is 2.76. The minimum Gasteiger partial charge on any atom is -0.493 e. The molecule has 0 radical (unpaired) electrons. The lowest BCUT2D eigenvalue weighted by molar-refractivity contribution is -0.885. The SMILES string of the molecule is COc1cc(C)c(C[NH+](C)CC(=O)N2CCN(c3cccc(C)c3C)CC2)cc1OC. The van der Waals surface area contributed by atoms with E-state index in [0.717, 1.165) is 54.7 Å². The molecule has 1 amide bonds. The Labute approximate surface area is 186 Å². The van der Waals surface area contributed by atoms with E-state index in [0.29, 0.717) is 6.54 Å². The predicted octanol–water partition coefficient (Wildman–Crippen LogP) is 1.99. The molecule has 1 unspecified atom stereocenters. The number of likely N-dealkylation sites (N-methyl/N-ethyl adjacent to an activating group) is 1. The molecule has 0 bridgehead atoms. The molecule has 1 aliphatic rings. The molecule has 1 N–H and O–H groups in total. The highest BCUT2D eigenvalue weighted by Crippen LogP contribution is 2.30. The van der Waals surface area contributed by atoms with Crippen LogP contribution in [0.15, 0.2) is 30.3 Å². The topological polar surface area (TPSA) is 46.5 Å². The number of carbonyl (C=O) groups excluding carboxylic acids is 1. The largest absolute Gasteiger partial charge is 0.493 e. The summed E-state index contributed by atoms with van der Waals surface area (Å²) in [6.07, 6.45) is 0. The molecule has 1 heterocycles. The Hall–Kier alpha value is -2.73. The van der Waals surface area contributed by atoms with Gasteiger partial charge in [0, 0.05) is 37.4 Å². The van der Waals surface area contributed by atoms with Gasteiger partial charge in [0.15, 0.2) is 18.0 Å². The minimum atomic E-state index is 0.219. The molecule has 31 heavy (non-hydrogen) atoms. The van der Waals surface area contributed by atoms with E-state index in [2.05, 4.69) is 50.9 Å². The van der Waals surface area contributed by atoms with Crippen molar-refractivity contribution in [1.82, 2.24) is 4.90 Å². The zero-order valence-electron chi connectivity index (χ0n) is 19.7. The Bertz CT molecular complexity index is 920. The van der Waals surface area contributed by atoms with E-state index in [-0.39, 0.29) is 5.91 Å². The van der Waals surface area contributed by atoms with E-state index in [1.165, 1.54) is 22.4 Å². The van der Waals surface area contributed by atoms with Crippen molar-refractivity contribution in [2.45, 2.75) is 27.3 Å². The summed E-state index contributed by atoms with van der Waals surface area (Å²) in [6.45, 7) is 10.9. The molecule has 2 aromatic rings. The van der Waals surface area contributed by atoms with Gasteiger partial charge in [-0.3, -0.25) is 4.79 Å². The summed E-state index contributed by atoms with van der Waals surface area (Å²) in [7, 11) is 5.36. The fourth-order valence-corrected chi connectivity index (χ4v) is 4.25. The third kappa shape index (κ3) is 5.31. The monoisotopic (exact) mass is 426 g/mol.